The van der Waals surface area contributed by atoms with Gasteiger partial charge in [0.1, 0.15) is 6.54 Å². The van der Waals surface area contributed by atoms with Crippen LogP contribution < -0.4 is 16.4 Å². The molecule has 4 aromatic rings. The number of aryl methyl sites for hydroxylation is 1. The van der Waals surface area contributed by atoms with Crippen molar-refractivity contribution < 1.29 is 4.79 Å². The minimum atomic E-state index is -0.400. The van der Waals surface area contributed by atoms with Crippen LogP contribution in [0.1, 0.15) is 5.56 Å². The van der Waals surface area contributed by atoms with E-state index in [1.54, 1.807) is 60.7 Å². The van der Waals surface area contributed by atoms with Crippen LogP contribution in [0.5, 0.6) is 0 Å². The highest BCUT2D eigenvalue weighted by molar-refractivity contribution is 5.90. The van der Waals surface area contributed by atoms with Gasteiger partial charge in [0.25, 0.3) is 11.1 Å². The molecule has 4 rings (SSSR count). The molecule has 0 atom stereocenters. The average molecular weight is 385 g/mol. The van der Waals surface area contributed by atoms with Gasteiger partial charge in [-0.25, -0.2) is 9.36 Å². The maximum absolute atomic E-state index is 13.2. The van der Waals surface area contributed by atoms with E-state index in [9.17, 15) is 14.4 Å². The number of benzene rings is 3. The average Bonchev–Trinajstić information content (AvgIpc) is 2.74. The lowest BCUT2D eigenvalue weighted by atomic mass is 10.2. The van der Waals surface area contributed by atoms with Crippen LogP contribution in [-0.2, 0) is 11.3 Å². The Morgan fingerprint density at radius 3 is 2.03 bits per heavy atom. The number of anilines is 1. The normalized spacial score (nSPS) is 10.8. The second kappa shape index (κ2) is 7.59. The molecular weight excluding hydrogens is 366 g/mol. The first-order valence-electron chi connectivity index (χ1n) is 9.21. The summed E-state index contributed by atoms with van der Waals surface area (Å²) < 4.78 is 2.45. The number of amides is 1. The summed E-state index contributed by atoms with van der Waals surface area (Å²) in [6.45, 7) is 1.67. The number of aromatic nitrogens is 2. The maximum Gasteiger partial charge on any atom is 0.278 e. The molecule has 0 aliphatic carbocycles. The van der Waals surface area contributed by atoms with Crippen molar-refractivity contribution in [2.45, 2.75) is 13.5 Å². The van der Waals surface area contributed by atoms with Crippen LogP contribution in [0, 0.1) is 6.92 Å². The number of nitrogens with zero attached hydrogens (tertiary/aromatic N) is 2. The molecule has 1 N–H and O–H groups in total. The molecule has 1 aromatic heterocycles. The highest BCUT2D eigenvalue weighted by Gasteiger charge is 2.16. The second-order valence-corrected chi connectivity index (χ2v) is 6.78. The first-order chi connectivity index (χ1) is 14.0. The van der Waals surface area contributed by atoms with E-state index in [2.05, 4.69) is 5.32 Å². The number of hydrogen-bond donors (Lipinski definition) is 1. The van der Waals surface area contributed by atoms with Crippen molar-refractivity contribution in [3.05, 3.63) is 105 Å². The van der Waals surface area contributed by atoms with Gasteiger partial charge in [0, 0.05) is 5.69 Å². The summed E-state index contributed by atoms with van der Waals surface area (Å²) in [6, 6.07) is 22.8. The van der Waals surface area contributed by atoms with Crippen molar-refractivity contribution in [3.63, 3.8) is 0 Å². The van der Waals surface area contributed by atoms with E-state index < -0.39 is 11.5 Å². The lowest BCUT2D eigenvalue weighted by Crippen LogP contribution is -2.40. The standard InChI is InChI=1S/C23H19N3O3/c1-16-11-13-17(14-12-16)24-21(27)15-25-22(28)19-9-5-6-10-20(19)23(29)26(25)18-7-3-2-4-8-18/h2-14H,15H2,1H3,(H,24,27). The third kappa shape index (κ3) is 3.60. The third-order valence-electron chi connectivity index (χ3n) is 4.69. The molecule has 0 saturated carbocycles. The van der Waals surface area contributed by atoms with Gasteiger partial charge >= 0.3 is 0 Å². The van der Waals surface area contributed by atoms with E-state index in [1.807, 2.05) is 25.1 Å². The molecule has 3 aromatic carbocycles. The first kappa shape index (κ1) is 18.4. The molecule has 0 aliphatic rings. The van der Waals surface area contributed by atoms with Crippen LogP contribution >= 0.6 is 0 Å². The van der Waals surface area contributed by atoms with Gasteiger partial charge in [-0.1, -0.05) is 48.0 Å². The molecule has 0 saturated heterocycles. The van der Waals surface area contributed by atoms with Gasteiger partial charge in [-0.05, 0) is 43.3 Å². The largest absolute Gasteiger partial charge is 0.324 e. The van der Waals surface area contributed by atoms with Crippen LogP contribution in [-0.4, -0.2) is 15.3 Å². The molecule has 0 fully saturated rings. The SMILES string of the molecule is Cc1ccc(NC(=O)Cn2c(=O)c3ccccc3c(=O)n2-c2ccccc2)cc1. The lowest BCUT2D eigenvalue weighted by Gasteiger charge is -2.16. The highest BCUT2D eigenvalue weighted by Crippen LogP contribution is 2.11. The Morgan fingerprint density at radius 2 is 1.38 bits per heavy atom. The van der Waals surface area contributed by atoms with Crippen LogP contribution in [0.15, 0.2) is 88.5 Å². The van der Waals surface area contributed by atoms with Crippen molar-refractivity contribution in [2.75, 3.05) is 5.32 Å². The van der Waals surface area contributed by atoms with Gasteiger partial charge in [0.05, 0.1) is 16.5 Å². The smallest absolute Gasteiger partial charge is 0.278 e. The Labute approximate surface area is 166 Å². The van der Waals surface area contributed by atoms with E-state index in [0.29, 0.717) is 16.8 Å². The summed E-state index contributed by atoms with van der Waals surface area (Å²) in [4.78, 5) is 38.9. The van der Waals surface area contributed by atoms with Crippen molar-refractivity contribution in [2.24, 2.45) is 0 Å². The van der Waals surface area contributed by atoms with Gasteiger partial charge in [-0.15, -0.1) is 0 Å². The summed E-state index contributed by atoms with van der Waals surface area (Å²) in [6.07, 6.45) is 0. The summed E-state index contributed by atoms with van der Waals surface area (Å²) in [5, 5.41) is 3.38. The molecule has 0 radical (unpaired) electrons. The number of fused-ring (bicyclic) bond motifs is 1. The number of carbonyl (C=O) groups is 1. The third-order valence-corrected chi connectivity index (χ3v) is 4.69. The van der Waals surface area contributed by atoms with Crippen molar-refractivity contribution in [3.8, 4) is 5.69 Å². The summed E-state index contributed by atoms with van der Waals surface area (Å²) in [7, 11) is 0. The predicted molar refractivity (Wildman–Crippen MR) is 114 cm³/mol. The van der Waals surface area contributed by atoms with E-state index in [-0.39, 0.29) is 17.5 Å². The number of rotatable bonds is 4. The van der Waals surface area contributed by atoms with Crippen LogP contribution in [0.2, 0.25) is 0 Å². The first-order valence-corrected chi connectivity index (χ1v) is 9.21. The fourth-order valence-electron chi connectivity index (χ4n) is 3.25. The number of hydrogen-bond acceptors (Lipinski definition) is 3. The molecule has 6 nitrogen and oxygen atoms in total. The minimum absolute atomic E-state index is 0.285. The Hall–Kier alpha value is -3.93. The maximum atomic E-state index is 13.2. The van der Waals surface area contributed by atoms with Crippen molar-refractivity contribution in [1.82, 2.24) is 9.36 Å². The van der Waals surface area contributed by atoms with Gasteiger partial charge in [0.15, 0.2) is 0 Å². The molecule has 29 heavy (non-hydrogen) atoms. The van der Waals surface area contributed by atoms with Crippen LogP contribution in [0.25, 0.3) is 16.5 Å². The molecule has 1 amide bonds. The summed E-state index contributed by atoms with van der Waals surface area (Å²) >= 11 is 0. The van der Waals surface area contributed by atoms with Gasteiger partial charge in [-0.3, -0.25) is 14.4 Å². The molecule has 0 aliphatic heterocycles. The van der Waals surface area contributed by atoms with Crippen molar-refractivity contribution in [1.29, 1.82) is 0 Å². The number of carbonyl (C=O) groups excluding carboxylic acids is 1. The fraction of sp³-hybridized carbons (Fsp3) is 0.0870. The van der Waals surface area contributed by atoms with E-state index in [1.165, 1.54) is 9.36 Å². The second-order valence-electron chi connectivity index (χ2n) is 6.78. The Balaban J connectivity index is 1.83. The van der Waals surface area contributed by atoms with Crippen molar-refractivity contribution >= 4 is 22.4 Å². The highest BCUT2D eigenvalue weighted by atomic mass is 16.2. The molecule has 6 heteroatoms. The summed E-state index contributed by atoms with van der Waals surface area (Å²) in [5.74, 6) is -0.393. The lowest BCUT2D eigenvalue weighted by molar-refractivity contribution is -0.117. The quantitative estimate of drug-likeness (QED) is 0.587. The Kier molecular flexibility index (Phi) is 4.83. The molecular formula is C23H19N3O3. The monoisotopic (exact) mass is 385 g/mol. The molecule has 1 heterocycles. The molecule has 0 spiro atoms. The zero-order chi connectivity index (χ0) is 20.4. The van der Waals surface area contributed by atoms with E-state index in [4.69, 9.17) is 0 Å². The van der Waals surface area contributed by atoms with Crippen LogP contribution in [0.4, 0.5) is 5.69 Å². The van der Waals surface area contributed by atoms with Gasteiger partial charge < -0.3 is 5.32 Å². The van der Waals surface area contributed by atoms with Gasteiger partial charge in [0.2, 0.25) is 5.91 Å². The van der Waals surface area contributed by atoms with E-state index in [0.717, 1.165) is 5.56 Å². The van der Waals surface area contributed by atoms with E-state index >= 15 is 0 Å². The molecule has 0 bridgehead atoms. The van der Waals surface area contributed by atoms with Crippen LogP contribution in [0.3, 0.4) is 0 Å². The molecule has 0 unspecified atom stereocenters. The number of nitrogens with one attached hydrogen (secondary N) is 1. The number of para-hydroxylation sites is 1. The Bertz CT molecular complexity index is 1300. The Morgan fingerprint density at radius 1 is 0.793 bits per heavy atom. The minimum Gasteiger partial charge on any atom is -0.324 e. The molecule has 144 valence electrons. The zero-order valence-electron chi connectivity index (χ0n) is 15.8. The zero-order valence-corrected chi connectivity index (χ0v) is 15.8. The topological polar surface area (TPSA) is 73.1 Å². The predicted octanol–water partition coefficient (Wildman–Crippen LogP) is 3.10. The summed E-state index contributed by atoms with van der Waals surface area (Å²) in [5.41, 5.74) is 1.47. The van der Waals surface area contributed by atoms with Gasteiger partial charge in [-0.2, -0.15) is 0 Å². The fourth-order valence-corrected chi connectivity index (χ4v) is 3.25.